The normalized spacial score (nSPS) is 9.90. The molecular formula is C8H9ClS. The molecule has 0 nitrogen and oxygen atoms in total. The number of halogens is 1. The minimum atomic E-state index is 0.854. The zero-order chi connectivity index (χ0) is 7.56. The Balaban J connectivity index is 3.14. The smallest absolute Gasteiger partial charge is 0.0446 e. The Morgan fingerprint density at radius 1 is 1.40 bits per heavy atom. The lowest BCUT2D eigenvalue weighted by Crippen LogP contribution is -1.78. The number of benzene rings is 1. The van der Waals surface area contributed by atoms with Crippen LogP contribution in [0.25, 0.3) is 0 Å². The van der Waals surface area contributed by atoms with Gasteiger partial charge in [-0.05, 0) is 30.9 Å². The average molecular weight is 173 g/mol. The highest BCUT2D eigenvalue weighted by atomic mass is 35.5. The van der Waals surface area contributed by atoms with Crippen LogP contribution in [0.4, 0.5) is 0 Å². The van der Waals surface area contributed by atoms with Crippen LogP contribution in [0.3, 0.4) is 0 Å². The summed E-state index contributed by atoms with van der Waals surface area (Å²) in [6, 6.07) is 5.96. The van der Waals surface area contributed by atoms with Crippen molar-refractivity contribution < 1.29 is 0 Å². The van der Waals surface area contributed by atoms with E-state index in [1.165, 1.54) is 10.5 Å². The Morgan fingerprint density at radius 2 is 2.10 bits per heavy atom. The Bertz CT molecular complexity index is 233. The standard InChI is InChI=1S/C8H9ClS/c1-6-7(9)4-3-5-8(6)10-2/h3-5H,1-2H3. The highest BCUT2D eigenvalue weighted by molar-refractivity contribution is 7.98. The second kappa shape index (κ2) is 3.31. The van der Waals surface area contributed by atoms with Crippen molar-refractivity contribution in [3.8, 4) is 0 Å². The first-order chi connectivity index (χ1) is 4.75. The molecule has 0 N–H and O–H groups in total. The third kappa shape index (κ3) is 1.47. The predicted octanol–water partition coefficient (Wildman–Crippen LogP) is 3.37. The quantitative estimate of drug-likeness (QED) is 0.586. The van der Waals surface area contributed by atoms with E-state index in [2.05, 4.69) is 12.3 Å². The molecule has 1 aromatic carbocycles. The van der Waals surface area contributed by atoms with Crippen LogP contribution in [0.15, 0.2) is 23.1 Å². The molecule has 1 rings (SSSR count). The van der Waals surface area contributed by atoms with Gasteiger partial charge >= 0.3 is 0 Å². The molecule has 0 saturated carbocycles. The van der Waals surface area contributed by atoms with Crippen molar-refractivity contribution in [2.24, 2.45) is 0 Å². The minimum Gasteiger partial charge on any atom is -0.129 e. The van der Waals surface area contributed by atoms with Crippen molar-refractivity contribution in [3.63, 3.8) is 0 Å². The minimum absolute atomic E-state index is 0.854. The molecule has 0 aliphatic heterocycles. The van der Waals surface area contributed by atoms with Gasteiger partial charge in [0.1, 0.15) is 0 Å². The van der Waals surface area contributed by atoms with Crippen molar-refractivity contribution in [3.05, 3.63) is 28.8 Å². The van der Waals surface area contributed by atoms with Gasteiger partial charge in [0, 0.05) is 9.92 Å². The molecule has 54 valence electrons. The monoisotopic (exact) mass is 172 g/mol. The van der Waals surface area contributed by atoms with Crippen molar-refractivity contribution in [1.82, 2.24) is 0 Å². The van der Waals surface area contributed by atoms with Gasteiger partial charge in [0.05, 0.1) is 0 Å². The van der Waals surface area contributed by atoms with Crippen LogP contribution >= 0.6 is 23.4 Å². The molecule has 1 aromatic rings. The molecule has 0 fully saturated rings. The fourth-order valence-electron chi connectivity index (χ4n) is 0.809. The molecular weight excluding hydrogens is 164 g/mol. The van der Waals surface area contributed by atoms with E-state index in [4.69, 9.17) is 11.6 Å². The van der Waals surface area contributed by atoms with Gasteiger partial charge in [-0.25, -0.2) is 0 Å². The predicted molar refractivity (Wildman–Crippen MR) is 48.0 cm³/mol. The molecule has 2 heteroatoms. The maximum Gasteiger partial charge on any atom is 0.0446 e. The summed E-state index contributed by atoms with van der Waals surface area (Å²) in [4.78, 5) is 1.26. The molecule has 0 bridgehead atoms. The lowest BCUT2D eigenvalue weighted by molar-refractivity contribution is 1.31. The van der Waals surface area contributed by atoms with Crippen LogP contribution in [0.5, 0.6) is 0 Å². The lowest BCUT2D eigenvalue weighted by atomic mass is 10.2. The highest BCUT2D eigenvalue weighted by Gasteiger charge is 1.98. The summed E-state index contributed by atoms with van der Waals surface area (Å²) >= 11 is 7.60. The molecule has 0 unspecified atom stereocenters. The van der Waals surface area contributed by atoms with E-state index in [1.807, 2.05) is 19.1 Å². The van der Waals surface area contributed by atoms with E-state index in [0.29, 0.717) is 0 Å². The first-order valence-corrected chi connectivity index (χ1v) is 4.65. The SMILES string of the molecule is CSc1cccc(Cl)c1C. The Kier molecular flexibility index (Phi) is 2.64. The summed E-state index contributed by atoms with van der Waals surface area (Å²) in [5.41, 5.74) is 1.18. The van der Waals surface area contributed by atoms with E-state index in [9.17, 15) is 0 Å². The van der Waals surface area contributed by atoms with Gasteiger partial charge in [0.2, 0.25) is 0 Å². The molecule has 0 saturated heterocycles. The van der Waals surface area contributed by atoms with E-state index in [0.717, 1.165) is 5.02 Å². The molecule has 0 amide bonds. The summed E-state index contributed by atoms with van der Waals surface area (Å²) < 4.78 is 0. The Labute approximate surface area is 70.6 Å². The lowest BCUT2D eigenvalue weighted by Gasteiger charge is -2.01. The molecule has 0 spiro atoms. The number of hydrogen-bond acceptors (Lipinski definition) is 1. The number of thioether (sulfide) groups is 1. The Hall–Kier alpha value is -0.140. The molecule has 10 heavy (non-hydrogen) atoms. The van der Waals surface area contributed by atoms with Gasteiger partial charge in [-0.1, -0.05) is 17.7 Å². The molecule has 0 aromatic heterocycles. The first-order valence-electron chi connectivity index (χ1n) is 3.05. The van der Waals surface area contributed by atoms with Crippen molar-refractivity contribution in [1.29, 1.82) is 0 Å². The fourth-order valence-corrected chi connectivity index (χ4v) is 1.67. The summed E-state index contributed by atoms with van der Waals surface area (Å²) in [6.07, 6.45) is 2.05. The maximum absolute atomic E-state index is 5.88. The van der Waals surface area contributed by atoms with Crippen molar-refractivity contribution >= 4 is 23.4 Å². The van der Waals surface area contributed by atoms with Crippen LogP contribution in [-0.2, 0) is 0 Å². The molecule has 0 aliphatic carbocycles. The third-order valence-electron chi connectivity index (χ3n) is 1.44. The van der Waals surface area contributed by atoms with Crippen LogP contribution in [0.2, 0.25) is 5.02 Å². The summed E-state index contributed by atoms with van der Waals surface area (Å²) in [5, 5.41) is 0.854. The zero-order valence-corrected chi connectivity index (χ0v) is 7.59. The topological polar surface area (TPSA) is 0 Å². The molecule has 0 aliphatic rings. The molecule has 0 radical (unpaired) electrons. The molecule has 0 atom stereocenters. The fraction of sp³-hybridized carbons (Fsp3) is 0.250. The van der Waals surface area contributed by atoms with E-state index in [1.54, 1.807) is 11.8 Å². The van der Waals surface area contributed by atoms with Crippen molar-refractivity contribution in [2.45, 2.75) is 11.8 Å². The average Bonchev–Trinajstić information content (AvgIpc) is 1.95. The van der Waals surface area contributed by atoms with Gasteiger partial charge in [-0.2, -0.15) is 0 Å². The van der Waals surface area contributed by atoms with Gasteiger partial charge in [-0.15, -0.1) is 11.8 Å². The summed E-state index contributed by atoms with van der Waals surface area (Å²) in [5.74, 6) is 0. The number of rotatable bonds is 1. The van der Waals surface area contributed by atoms with E-state index >= 15 is 0 Å². The second-order valence-corrected chi connectivity index (χ2v) is 3.32. The van der Waals surface area contributed by atoms with Gasteiger partial charge in [0.25, 0.3) is 0 Å². The van der Waals surface area contributed by atoms with Gasteiger partial charge < -0.3 is 0 Å². The zero-order valence-electron chi connectivity index (χ0n) is 6.02. The van der Waals surface area contributed by atoms with Gasteiger partial charge in [-0.3, -0.25) is 0 Å². The summed E-state index contributed by atoms with van der Waals surface area (Å²) in [6.45, 7) is 2.04. The van der Waals surface area contributed by atoms with Crippen LogP contribution < -0.4 is 0 Å². The highest BCUT2D eigenvalue weighted by Crippen LogP contribution is 2.25. The number of hydrogen-bond donors (Lipinski definition) is 0. The third-order valence-corrected chi connectivity index (χ3v) is 2.73. The Morgan fingerprint density at radius 3 is 2.60 bits per heavy atom. The van der Waals surface area contributed by atoms with Crippen molar-refractivity contribution in [2.75, 3.05) is 6.26 Å². The van der Waals surface area contributed by atoms with Gasteiger partial charge in [0.15, 0.2) is 0 Å². The van der Waals surface area contributed by atoms with E-state index in [-0.39, 0.29) is 0 Å². The maximum atomic E-state index is 5.88. The van der Waals surface area contributed by atoms with Crippen LogP contribution in [0, 0.1) is 6.92 Å². The largest absolute Gasteiger partial charge is 0.129 e. The summed E-state index contributed by atoms with van der Waals surface area (Å²) in [7, 11) is 0. The first kappa shape index (κ1) is 7.96. The van der Waals surface area contributed by atoms with Crippen LogP contribution in [-0.4, -0.2) is 6.26 Å². The second-order valence-electron chi connectivity index (χ2n) is 2.07. The van der Waals surface area contributed by atoms with E-state index < -0.39 is 0 Å². The van der Waals surface area contributed by atoms with Crippen LogP contribution in [0.1, 0.15) is 5.56 Å². The molecule has 0 heterocycles.